The van der Waals surface area contributed by atoms with Gasteiger partial charge in [-0.1, -0.05) is 33.1 Å². The first-order valence-electron chi connectivity index (χ1n) is 3.95. The monoisotopic (exact) mass is 146 g/mol. The van der Waals surface area contributed by atoms with Gasteiger partial charge in [0.15, 0.2) is 0 Å². The molecule has 2 atom stereocenters. The van der Waals surface area contributed by atoms with Crippen molar-refractivity contribution in [2.45, 2.75) is 33.1 Å². The van der Waals surface area contributed by atoms with E-state index < -0.39 is 0 Å². The van der Waals surface area contributed by atoms with Gasteiger partial charge in [0.2, 0.25) is 0 Å². The van der Waals surface area contributed by atoms with Gasteiger partial charge in [-0.3, -0.25) is 0 Å². The van der Waals surface area contributed by atoms with Crippen molar-refractivity contribution in [1.82, 2.24) is 0 Å². The van der Waals surface area contributed by atoms with E-state index in [0.717, 1.165) is 14.5 Å². The zero-order valence-electron chi connectivity index (χ0n) is 6.91. The van der Waals surface area contributed by atoms with Crippen LogP contribution in [-0.4, -0.2) is 12.8 Å². The third kappa shape index (κ3) is 6.31. The minimum atomic E-state index is 0.980. The molecule has 0 radical (unpaired) electrons. The Hall–Kier alpha value is 0.430. The summed E-state index contributed by atoms with van der Waals surface area (Å²) in [5.41, 5.74) is 0. The standard InChI is InChI=1S/C8H19P/c1-4-5-6-8(2)7-9-3/h8-9H,4-7H2,1-3H3. The van der Waals surface area contributed by atoms with Crippen LogP contribution in [0.2, 0.25) is 0 Å². The van der Waals surface area contributed by atoms with Gasteiger partial charge in [0.05, 0.1) is 0 Å². The molecule has 0 spiro atoms. The van der Waals surface area contributed by atoms with Crippen LogP contribution < -0.4 is 0 Å². The molecule has 0 bridgehead atoms. The fraction of sp³-hybridized carbons (Fsp3) is 1.00. The molecule has 0 fully saturated rings. The summed E-state index contributed by atoms with van der Waals surface area (Å²) in [7, 11) is 1.15. The molecule has 1 heteroatoms. The second-order valence-electron chi connectivity index (χ2n) is 2.81. The Morgan fingerprint density at radius 2 is 2.11 bits per heavy atom. The lowest BCUT2D eigenvalue weighted by Crippen LogP contribution is -1.95. The Morgan fingerprint density at radius 3 is 2.56 bits per heavy atom. The van der Waals surface area contributed by atoms with Gasteiger partial charge in [0, 0.05) is 0 Å². The van der Waals surface area contributed by atoms with E-state index in [2.05, 4.69) is 20.5 Å². The van der Waals surface area contributed by atoms with Crippen molar-refractivity contribution in [2.75, 3.05) is 12.8 Å². The van der Waals surface area contributed by atoms with Crippen molar-refractivity contribution >= 4 is 8.58 Å². The average molecular weight is 146 g/mol. The maximum atomic E-state index is 2.37. The first-order valence-corrected chi connectivity index (χ1v) is 5.66. The van der Waals surface area contributed by atoms with E-state index in [4.69, 9.17) is 0 Å². The second kappa shape index (κ2) is 6.55. The van der Waals surface area contributed by atoms with Crippen LogP contribution in [0.5, 0.6) is 0 Å². The predicted octanol–water partition coefficient (Wildman–Crippen LogP) is 3.12. The molecule has 0 aromatic carbocycles. The fourth-order valence-corrected chi connectivity index (χ4v) is 1.90. The largest absolute Gasteiger partial charge is 0.125 e. The lowest BCUT2D eigenvalue weighted by Gasteiger charge is -2.07. The molecule has 0 aliphatic rings. The van der Waals surface area contributed by atoms with E-state index in [1.807, 2.05) is 0 Å². The molecule has 0 saturated heterocycles. The summed E-state index contributed by atoms with van der Waals surface area (Å²) in [4.78, 5) is 0. The van der Waals surface area contributed by atoms with Crippen molar-refractivity contribution in [2.24, 2.45) is 5.92 Å². The van der Waals surface area contributed by atoms with Crippen molar-refractivity contribution < 1.29 is 0 Å². The van der Waals surface area contributed by atoms with Crippen LogP contribution >= 0.6 is 8.58 Å². The highest BCUT2D eigenvalue weighted by Gasteiger charge is 1.97. The molecule has 56 valence electrons. The van der Waals surface area contributed by atoms with Gasteiger partial charge in [-0.25, -0.2) is 0 Å². The lowest BCUT2D eigenvalue weighted by atomic mass is 10.1. The smallest absolute Gasteiger partial charge is 0.0330 e. The van der Waals surface area contributed by atoms with Crippen LogP contribution in [0.3, 0.4) is 0 Å². The quantitative estimate of drug-likeness (QED) is 0.523. The summed E-state index contributed by atoms with van der Waals surface area (Å²) >= 11 is 0. The van der Waals surface area contributed by atoms with Crippen molar-refractivity contribution in [3.8, 4) is 0 Å². The van der Waals surface area contributed by atoms with Gasteiger partial charge in [-0.05, 0) is 18.7 Å². The third-order valence-electron chi connectivity index (χ3n) is 1.60. The summed E-state index contributed by atoms with van der Waals surface area (Å²) in [6.45, 7) is 6.93. The minimum Gasteiger partial charge on any atom is -0.125 e. The van der Waals surface area contributed by atoms with E-state index in [-0.39, 0.29) is 0 Å². The maximum absolute atomic E-state index is 2.37. The van der Waals surface area contributed by atoms with E-state index in [1.165, 1.54) is 25.4 Å². The Balaban J connectivity index is 2.95. The highest BCUT2D eigenvalue weighted by atomic mass is 31.1. The van der Waals surface area contributed by atoms with Gasteiger partial charge in [-0.2, -0.15) is 0 Å². The molecule has 0 amide bonds. The highest BCUT2D eigenvalue weighted by Crippen LogP contribution is 2.15. The first-order chi connectivity index (χ1) is 4.31. The SMILES string of the molecule is CCCCC(C)CPC. The molecule has 0 aromatic heterocycles. The molecule has 0 heterocycles. The number of rotatable bonds is 5. The average Bonchev–Trinajstić information content (AvgIpc) is 1.85. The fourth-order valence-electron chi connectivity index (χ4n) is 1.00. The number of unbranched alkanes of at least 4 members (excludes halogenated alkanes) is 1. The molecule has 0 rings (SSSR count). The van der Waals surface area contributed by atoms with E-state index in [0.29, 0.717) is 0 Å². The summed E-state index contributed by atoms with van der Waals surface area (Å²) in [6.07, 6.45) is 5.67. The van der Waals surface area contributed by atoms with Crippen LogP contribution in [0.4, 0.5) is 0 Å². The molecule has 0 nitrogen and oxygen atoms in total. The first kappa shape index (κ1) is 9.43. The summed E-state index contributed by atoms with van der Waals surface area (Å²) in [6, 6.07) is 0. The van der Waals surface area contributed by atoms with Crippen LogP contribution in [0, 0.1) is 5.92 Å². The Kier molecular flexibility index (Phi) is 6.86. The van der Waals surface area contributed by atoms with Crippen molar-refractivity contribution in [1.29, 1.82) is 0 Å². The molecular weight excluding hydrogens is 127 g/mol. The number of hydrogen-bond acceptors (Lipinski definition) is 0. The van der Waals surface area contributed by atoms with Crippen LogP contribution in [0.1, 0.15) is 33.1 Å². The summed E-state index contributed by atoms with van der Waals surface area (Å²) < 4.78 is 0. The molecule has 0 saturated carbocycles. The molecule has 2 unspecified atom stereocenters. The van der Waals surface area contributed by atoms with Gasteiger partial charge in [0.1, 0.15) is 0 Å². The highest BCUT2D eigenvalue weighted by molar-refractivity contribution is 7.36. The lowest BCUT2D eigenvalue weighted by molar-refractivity contribution is 0.556. The van der Waals surface area contributed by atoms with Gasteiger partial charge < -0.3 is 0 Å². The Bertz CT molecular complexity index is 52.5. The van der Waals surface area contributed by atoms with Gasteiger partial charge >= 0.3 is 0 Å². The molecular formula is C8H19P. The normalized spacial score (nSPS) is 15.0. The van der Waals surface area contributed by atoms with Crippen molar-refractivity contribution in [3.63, 3.8) is 0 Å². The van der Waals surface area contributed by atoms with Crippen molar-refractivity contribution in [3.05, 3.63) is 0 Å². The zero-order valence-corrected chi connectivity index (χ0v) is 7.91. The van der Waals surface area contributed by atoms with Gasteiger partial charge in [0.25, 0.3) is 0 Å². The van der Waals surface area contributed by atoms with Crippen LogP contribution in [0.25, 0.3) is 0 Å². The number of hydrogen-bond donors (Lipinski definition) is 0. The molecule has 0 aromatic rings. The summed E-state index contributed by atoms with van der Waals surface area (Å²) in [5.74, 6) is 0.980. The Morgan fingerprint density at radius 1 is 1.44 bits per heavy atom. The van der Waals surface area contributed by atoms with Crippen LogP contribution in [-0.2, 0) is 0 Å². The molecule has 0 aliphatic heterocycles. The minimum absolute atomic E-state index is 0.980. The van der Waals surface area contributed by atoms with Gasteiger partial charge in [-0.15, -0.1) is 8.58 Å². The van der Waals surface area contributed by atoms with Crippen LogP contribution in [0.15, 0.2) is 0 Å². The molecule has 9 heavy (non-hydrogen) atoms. The maximum Gasteiger partial charge on any atom is -0.0330 e. The van der Waals surface area contributed by atoms with E-state index in [9.17, 15) is 0 Å². The second-order valence-corrected chi connectivity index (χ2v) is 3.92. The third-order valence-corrected chi connectivity index (χ3v) is 2.71. The van der Waals surface area contributed by atoms with E-state index in [1.54, 1.807) is 0 Å². The van der Waals surface area contributed by atoms with E-state index >= 15 is 0 Å². The predicted molar refractivity (Wildman–Crippen MR) is 47.8 cm³/mol. The molecule has 0 aliphatic carbocycles. The molecule has 0 N–H and O–H groups in total. The Labute approximate surface area is 61.2 Å². The summed E-state index contributed by atoms with van der Waals surface area (Å²) in [5, 5.41) is 0. The topological polar surface area (TPSA) is 0 Å². The zero-order chi connectivity index (χ0) is 7.11.